The zero-order valence-electron chi connectivity index (χ0n) is 8.62. The van der Waals surface area contributed by atoms with Crippen LogP contribution in [0.15, 0.2) is 0 Å². The fourth-order valence-electron chi connectivity index (χ4n) is 2.27. The molecule has 1 heterocycles. The van der Waals surface area contributed by atoms with E-state index in [2.05, 4.69) is 21.7 Å². The van der Waals surface area contributed by atoms with Crippen molar-refractivity contribution in [3.63, 3.8) is 0 Å². The van der Waals surface area contributed by atoms with Gasteiger partial charge < -0.3 is 4.57 Å². The van der Waals surface area contributed by atoms with Crippen LogP contribution >= 0.6 is 12.2 Å². The smallest absolute Gasteiger partial charge is 0.195 e. The maximum atomic E-state index is 5.22. The van der Waals surface area contributed by atoms with E-state index < -0.39 is 0 Å². The van der Waals surface area contributed by atoms with Crippen molar-refractivity contribution in [3.8, 4) is 0 Å². The van der Waals surface area contributed by atoms with E-state index in [4.69, 9.17) is 12.2 Å². The molecule has 0 aliphatic heterocycles. The Morgan fingerprint density at radius 2 is 2.21 bits per heavy atom. The van der Waals surface area contributed by atoms with Gasteiger partial charge in [-0.2, -0.15) is 5.10 Å². The highest BCUT2D eigenvalue weighted by Gasteiger charge is 2.22. The fourth-order valence-corrected chi connectivity index (χ4v) is 2.50. The molecule has 1 saturated carbocycles. The van der Waals surface area contributed by atoms with Gasteiger partial charge in [0.25, 0.3) is 0 Å². The molecule has 1 aromatic rings. The van der Waals surface area contributed by atoms with Crippen molar-refractivity contribution in [1.29, 1.82) is 0 Å². The molecule has 0 atom stereocenters. The fraction of sp³-hybridized carbons (Fsp3) is 0.800. The van der Waals surface area contributed by atoms with Gasteiger partial charge in [-0.25, -0.2) is 0 Å². The van der Waals surface area contributed by atoms with E-state index in [1.165, 1.54) is 31.5 Å². The predicted molar refractivity (Wildman–Crippen MR) is 58.9 cm³/mol. The SMILES string of the molecule is CCCn1c(C2CCCC2)n[nH]c1=S. The average Bonchev–Trinajstić information content (AvgIpc) is 2.77. The second-order valence-electron chi connectivity index (χ2n) is 4.02. The summed E-state index contributed by atoms with van der Waals surface area (Å²) in [7, 11) is 0. The molecule has 4 heteroatoms. The normalized spacial score (nSPS) is 17.8. The number of aromatic amines is 1. The van der Waals surface area contributed by atoms with Gasteiger partial charge in [0, 0.05) is 12.5 Å². The topological polar surface area (TPSA) is 33.6 Å². The van der Waals surface area contributed by atoms with Gasteiger partial charge in [0.15, 0.2) is 4.77 Å². The summed E-state index contributed by atoms with van der Waals surface area (Å²) in [6, 6.07) is 0. The van der Waals surface area contributed by atoms with Crippen LogP contribution in [0.4, 0.5) is 0 Å². The molecule has 3 nitrogen and oxygen atoms in total. The van der Waals surface area contributed by atoms with Crippen LogP contribution in [0.5, 0.6) is 0 Å². The van der Waals surface area contributed by atoms with Crippen LogP contribution in [0.25, 0.3) is 0 Å². The molecule has 1 fully saturated rings. The predicted octanol–water partition coefficient (Wildman–Crippen LogP) is 3.01. The largest absolute Gasteiger partial charge is 0.304 e. The van der Waals surface area contributed by atoms with E-state index in [9.17, 15) is 0 Å². The Morgan fingerprint density at radius 1 is 1.50 bits per heavy atom. The third-order valence-corrected chi connectivity index (χ3v) is 3.27. The van der Waals surface area contributed by atoms with Crippen LogP contribution in [0.1, 0.15) is 50.8 Å². The Bertz CT molecular complexity index is 346. The van der Waals surface area contributed by atoms with Gasteiger partial charge in [0.05, 0.1) is 0 Å². The van der Waals surface area contributed by atoms with E-state index in [-0.39, 0.29) is 0 Å². The molecular formula is C10H17N3S. The molecule has 0 amide bonds. The first kappa shape index (κ1) is 9.90. The lowest BCUT2D eigenvalue weighted by Gasteiger charge is -2.10. The highest BCUT2D eigenvalue weighted by atomic mass is 32.1. The molecule has 1 aliphatic carbocycles. The average molecular weight is 211 g/mol. The molecule has 0 radical (unpaired) electrons. The lowest BCUT2D eigenvalue weighted by Crippen LogP contribution is -2.07. The molecule has 0 bridgehead atoms. The molecule has 1 aromatic heterocycles. The molecule has 0 spiro atoms. The number of nitrogens with zero attached hydrogens (tertiary/aromatic N) is 2. The Balaban J connectivity index is 2.27. The highest BCUT2D eigenvalue weighted by Crippen LogP contribution is 2.32. The van der Waals surface area contributed by atoms with Crippen LogP contribution in [0.2, 0.25) is 0 Å². The summed E-state index contributed by atoms with van der Waals surface area (Å²) < 4.78 is 2.96. The second kappa shape index (κ2) is 4.26. The Hall–Kier alpha value is -0.640. The van der Waals surface area contributed by atoms with Crippen molar-refractivity contribution in [1.82, 2.24) is 14.8 Å². The van der Waals surface area contributed by atoms with E-state index in [1.807, 2.05) is 0 Å². The van der Waals surface area contributed by atoms with Crippen molar-refractivity contribution in [2.45, 2.75) is 51.5 Å². The first-order valence-corrected chi connectivity index (χ1v) is 5.89. The van der Waals surface area contributed by atoms with Crippen LogP contribution in [0, 0.1) is 4.77 Å². The quantitative estimate of drug-likeness (QED) is 0.780. The minimum Gasteiger partial charge on any atom is -0.304 e. The molecule has 1 aliphatic rings. The summed E-state index contributed by atoms with van der Waals surface area (Å²) in [5, 5.41) is 7.28. The highest BCUT2D eigenvalue weighted by molar-refractivity contribution is 7.71. The molecule has 0 unspecified atom stereocenters. The maximum absolute atomic E-state index is 5.22. The van der Waals surface area contributed by atoms with E-state index >= 15 is 0 Å². The number of aromatic nitrogens is 3. The van der Waals surface area contributed by atoms with Gasteiger partial charge in [-0.15, -0.1) is 0 Å². The Morgan fingerprint density at radius 3 is 2.86 bits per heavy atom. The van der Waals surface area contributed by atoms with Gasteiger partial charge in [0.1, 0.15) is 5.82 Å². The Kier molecular flexibility index (Phi) is 3.01. The second-order valence-corrected chi connectivity index (χ2v) is 4.41. The van der Waals surface area contributed by atoms with Gasteiger partial charge >= 0.3 is 0 Å². The number of nitrogens with one attached hydrogen (secondary N) is 1. The number of rotatable bonds is 3. The molecule has 0 aromatic carbocycles. The maximum Gasteiger partial charge on any atom is 0.195 e. The zero-order chi connectivity index (χ0) is 9.97. The first-order valence-electron chi connectivity index (χ1n) is 5.48. The number of H-pyrrole nitrogens is 1. The van der Waals surface area contributed by atoms with E-state index in [1.54, 1.807) is 0 Å². The standard InChI is InChI=1S/C10H17N3S/c1-2-7-13-9(11-12-10(13)14)8-5-3-4-6-8/h8H,2-7H2,1H3,(H,12,14). The van der Waals surface area contributed by atoms with Crippen LogP contribution in [0.3, 0.4) is 0 Å². The van der Waals surface area contributed by atoms with Gasteiger partial charge in [0.2, 0.25) is 0 Å². The van der Waals surface area contributed by atoms with Crippen molar-refractivity contribution >= 4 is 12.2 Å². The first-order chi connectivity index (χ1) is 6.83. The lowest BCUT2D eigenvalue weighted by molar-refractivity contribution is 0.571. The van der Waals surface area contributed by atoms with E-state index in [0.29, 0.717) is 5.92 Å². The van der Waals surface area contributed by atoms with Crippen LogP contribution < -0.4 is 0 Å². The van der Waals surface area contributed by atoms with Crippen molar-refractivity contribution in [2.24, 2.45) is 0 Å². The van der Waals surface area contributed by atoms with Gasteiger partial charge in [-0.05, 0) is 31.5 Å². The summed E-state index contributed by atoms with van der Waals surface area (Å²) in [5.41, 5.74) is 0. The molecule has 2 rings (SSSR count). The van der Waals surface area contributed by atoms with Gasteiger partial charge in [-0.1, -0.05) is 19.8 Å². The third-order valence-electron chi connectivity index (χ3n) is 2.96. The van der Waals surface area contributed by atoms with Crippen LogP contribution in [-0.4, -0.2) is 14.8 Å². The number of hydrogen-bond donors (Lipinski definition) is 1. The summed E-state index contributed by atoms with van der Waals surface area (Å²) in [5.74, 6) is 1.84. The lowest BCUT2D eigenvalue weighted by atomic mass is 10.1. The summed E-state index contributed by atoms with van der Waals surface area (Å²) in [6.07, 6.45) is 6.37. The number of hydrogen-bond acceptors (Lipinski definition) is 2. The van der Waals surface area contributed by atoms with Crippen molar-refractivity contribution in [3.05, 3.63) is 10.6 Å². The monoisotopic (exact) mass is 211 g/mol. The van der Waals surface area contributed by atoms with Crippen molar-refractivity contribution < 1.29 is 0 Å². The van der Waals surface area contributed by atoms with E-state index in [0.717, 1.165) is 17.7 Å². The molecule has 1 N–H and O–H groups in total. The third kappa shape index (κ3) is 1.75. The zero-order valence-corrected chi connectivity index (χ0v) is 9.44. The summed E-state index contributed by atoms with van der Waals surface area (Å²) in [4.78, 5) is 0. The van der Waals surface area contributed by atoms with Gasteiger partial charge in [-0.3, -0.25) is 5.10 Å². The summed E-state index contributed by atoms with van der Waals surface area (Å²) in [6.45, 7) is 3.17. The molecular weight excluding hydrogens is 194 g/mol. The molecule has 0 saturated heterocycles. The molecule has 14 heavy (non-hydrogen) atoms. The minimum absolute atomic E-state index is 0.648. The Labute approximate surface area is 89.5 Å². The minimum atomic E-state index is 0.648. The molecule has 78 valence electrons. The van der Waals surface area contributed by atoms with Crippen LogP contribution in [-0.2, 0) is 6.54 Å². The van der Waals surface area contributed by atoms with Crippen molar-refractivity contribution in [2.75, 3.05) is 0 Å². The summed E-state index contributed by atoms with van der Waals surface area (Å²) >= 11 is 5.22.